The molecule has 0 saturated heterocycles. The van der Waals surface area contributed by atoms with E-state index in [0.29, 0.717) is 0 Å². The first-order valence-electron chi connectivity index (χ1n) is 14.2. The molecule has 5 aromatic rings. The molecular formula is C41H32. The highest BCUT2D eigenvalue weighted by Gasteiger charge is 2.11. The van der Waals surface area contributed by atoms with Crippen LogP contribution in [0.3, 0.4) is 0 Å². The molecule has 6 rings (SSSR count). The van der Waals surface area contributed by atoms with Crippen LogP contribution < -0.4 is 0 Å². The molecule has 1 aliphatic carbocycles. The fourth-order valence-electron chi connectivity index (χ4n) is 5.23. The summed E-state index contributed by atoms with van der Waals surface area (Å²) >= 11 is 0. The van der Waals surface area contributed by atoms with Gasteiger partial charge in [0.1, 0.15) is 0 Å². The SMILES string of the molecule is C1=CC=CC(C(=Cc2ccc(-c3ccc(C=C(c4ccccc4)c4ccccc4)cc3)cc2)c2ccccc2)C=C1. The smallest absolute Gasteiger partial charge is 0.0211 e. The van der Waals surface area contributed by atoms with Gasteiger partial charge in [0.05, 0.1) is 0 Å². The van der Waals surface area contributed by atoms with Crippen molar-refractivity contribution in [3.63, 3.8) is 0 Å². The molecule has 1 aliphatic rings. The van der Waals surface area contributed by atoms with E-state index in [9.17, 15) is 0 Å². The van der Waals surface area contributed by atoms with E-state index in [-0.39, 0.29) is 5.92 Å². The van der Waals surface area contributed by atoms with Crippen molar-refractivity contribution >= 4 is 23.3 Å². The van der Waals surface area contributed by atoms with Gasteiger partial charge in [-0.1, -0.05) is 182 Å². The Morgan fingerprint density at radius 2 is 0.805 bits per heavy atom. The molecule has 0 heterocycles. The van der Waals surface area contributed by atoms with Gasteiger partial charge in [0.2, 0.25) is 0 Å². The van der Waals surface area contributed by atoms with Gasteiger partial charge in [-0.3, -0.25) is 0 Å². The van der Waals surface area contributed by atoms with E-state index in [1.807, 2.05) is 0 Å². The topological polar surface area (TPSA) is 0 Å². The summed E-state index contributed by atoms with van der Waals surface area (Å²) in [6, 6.07) is 49.6. The molecule has 0 fully saturated rings. The monoisotopic (exact) mass is 524 g/mol. The molecule has 0 saturated carbocycles. The second kappa shape index (κ2) is 12.8. The summed E-state index contributed by atoms with van der Waals surface area (Å²) in [7, 11) is 0. The lowest BCUT2D eigenvalue weighted by Gasteiger charge is -2.14. The first-order chi connectivity index (χ1) is 20.3. The summed E-state index contributed by atoms with van der Waals surface area (Å²) < 4.78 is 0. The molecule has 0 heteroatoms. The standard InChI is InChI=1S/C41H32/c1-2-7-15-36(14-6-1)40(37-16-8-3-9-17-37)30-32-22-26-34(27-23-32)35-28-24-33(25-29-35)31-41(38-18-10-4-11-19-38)39-20-12-5-13-21-39/h1-31,36H. The van der Waals surface area contributed by atoms with Gasteiger partial charge in [-0.2, -0.15) is 0 Å². The maximum absolute atomic E-state index is 2.31. The Labute approximate surface area is 243 Å². The van der Waals surface area contributed by atoms with E-state index in [2.05, 4.69) is 188 Å². The third kappa shape index (κ3) is 6.52. The Hall–Kier alpha value is -5.20. The van der Waals surface area contributed by atoms with Crippen LogP contribution in [0.15, 0.2) is 176 Å². The van der Waals surface area contributed by atoms with Gasteiger partial charge < -0.3 is 0 Å². The Morgan fingerprint density at radius 3 is 1.27 bits per heavy atom. The third-order valence-corrected chi connectivity index (χ3v) is 7.39. The van der Waals surface area contributed by atoms with Crippen LogP contribution in [0.1, 0.15) is 27.8 Å². The van der Waals surface area contributed by atoms with Crippen molar-refractivity contribution in [2.75, 3.05) is 0 Å². The van der Waals surface area contributed by atoms with Gasteiger partial charge in [0.25, 0.3) is 0 Å². The lowest BCUT2D eigenvalue weighted by atomic mass is 9.90. The van der Waals surface area contributed by atoms with Crippen molar-refractivity contribution in [2.24, 2.45) is 5.92 Å². The maximum atomic E-state index is 2.31. The molecule has 0 amide bonds. The van der Waals surface area contributed by atoms with E-state index in [4.69, 9.17) is 0 Å². The first-order valence-corrected chi connectivity index (χ1v) is 14.2. The zero-order valence-corrected chi connectivity index (χ0v) is 23.0. The van der Waals surface area contributed by atoms with Gasteiger partial charge in [-0.25, -0.2) is 0 Å². The molecule has 0 N–H and O–H groups in total. The lowest BCUT2D eigenvalue weighted by molar-refractivity contribution is 1.10. The van der Waals surface area contributed by atoms with Crippen molar-refractivity contribution in [3.8, 4) is 11.1 Å². The predicted octanol–water partition coefficient (Wildman–Crippen LogP) is 10.8. The predicted molar refractivity (Wildman–Crippen MR) is 177 cm³/mol. The normalized spacial score (nSPS) is 13.1. The summed E-state index contributed by atoms with van der Waals surface area (Å²) in [5.41, 5.74) is 11.0. The summed E-state index contributed by atoms with van der Waals surface area (Å²) in [4.78, 5) is 0. The minimum atomic E-state index is 0.226. The van der Waals surface area contributed by atoms with Gasteiger partial charge in [0.15, 0.2) is 0 Å². The Morgan fingerprint density at radius 1 is 0.390 bits per heavy atom. The van der Waals surface area contributed by atoms with Crippen LogP contribution in [0, 0.1) is 5.92 Å². The van der Waals surface area contributed by atoms with Gasteiger partial charge in [-0.15, -0.1) is 0 Å². The number of benzene rings is 5. The zero-order chi connectivity index (χ0) is 27.7. The highest BCUT2D eigenvalue weighted by atomic mass is 14.2. The average Bonchev–Trinajstić information content (AvgIpc) is 3.34. The van der Waals surface area contributed by atoms with E-state index >= 15 is 0 Å². The van der Waals surface area contributed by atoms with Crippen LogP contribution in [-0.2, 0) is 0 Å². The lowest BCUT2D eigenvalue weighted by Crippen LogP contribution is -1.97. The van der Waals surface area contributed by atoms with Gasteiger partial charge >= 0.3 is 0 Å². The second-order valence-electron chi connectivity index (χ2n) is 10.2. The molecule has 0 aromatic heterocycles. The van der Waals surface area contributed by atoms with Crippen LogP contribution in [0.25, 0.3) is 34.4 Å². The minimum absolute atomic E-state index is 0.226. The van der Waals surface area contributed by atoms with Crippen LogP contribution in [0.2, 0.25) is 0 Å². The Bertz CT molecular complexity index is 1660. The van der Waals surface area contributed by atoms with Gasteiger partial charge in [-0.05, 0) is 56.2 Å². The fourth-order valence-corrected chi connectivity index (χ4v) is 5.23. The van der Waals surface area contributed by atoms with Crippen LogP contribution in [-0.4, -0.2) is 0 Å². The zero-order valence-electron chi connectivity index (χ0n) is 23.0. The highest BCUT2D eigenvalue weighted by Crippen LogP contribution is 2.31. The third-order valence-electron chi connectivity index (χ3n) is 7.39. The summed E-state index contributed by atoms with van der Waals surface area (Å²) in [5, 5.41) is 0. The van der Waals surface area contributed by atoms with Crippen LogP contribution >= 0.6 is 0 Å². The quantitative estimate of drug-likeness (QED) is 0.186. The molecule has 196 valence electrons. The number of hydrogen-bond donors (Lipinski definition) is 0. The van der Waals surface area contributed by atoms with Gasteiger partial charge in [0, 0.05) is 5.92 Å². The molecule has 0 spiro atoms. The number of hydrogen-bond acceptors (Lipinski definition) is 0. The number of rotatable bonds is 7. The van der Waals surface area contributed by atoms with Crippen molar-refractivity contribution in [1.82, 2.24) is 0 Å². The molecule has 0 unspecified atom stereocenters. The average molecular weight is 525 g/mol. The Balaban J connectivity index is 1.27. The second-order valence-corrected chi connectivity index (χ2v) is 10.2. The van der Waals surface area contributed by atoms with Crippen molar-refractivity contribution in [1.29, 1.82) is 0 Å². The molecule has 0 radical (unpaired) electrons. The summed E-state index contributed by atoms with van der Waals surface area (Å²) in [5.74, 6) is 0.226. The van der Waals surface area contributed by atoms with E-state index in [0.717, 1.165) is 0 Å². The van der Waals surface area contributed by atoms with E-state index in [1.165, 1.54) is 50.1 Å². The summed E-state index contributed by atoms with van der Waals surface area (Å²) in [6.45, 7) is 0. The molecule has 41 heavy (non-hydrogen) atoms. The van der Waals surface area contributed by atoms with Crippen molar-refractivity contribution < 1.29 is 0 Å². The molecular weight excluding hydrogens is 492 g/mol. The first kappa shape index (κ1) is 26.0. The molecule has 0 aliphatic heterocycles. The van der Waals surface area contributed by atoms with E-state index in [1.54, 1.807) is 0 Å². The Kier molecular flexibility index (Phi) is 8.11. The van der Waals surface area contributed by atoms with Crippen molar-refractivity contribution in [3.05, 3.63) is 204 Å². The van der Waals surface area contributed by atoms with E-state index < -0.39 is 0 Å². The maximum Gasteiger partial charge on any atom is 0.0211 e. The molecule has 0 nitrogen and oxygen atoms in total. The van der Waals surface area contributed by atoms with Crippen LogP contribution in [0.4, 0.5) is 0 Å². The molecule has 0 bridgehead atoms. The molecule has 0 atom stereocenters. The summed E-state index contributed by atoms with van der Waals surface area (Å²) in [6.07, 6.45) is 17.5. The minimum Gasteiger partial charge on any atom is -0.0732 e. The fraction of sp³-hybridized carbons (Fsp3) is 0.0244. The molecule has 5 aromatic carbocycles. The number of allylic oxidation sites excluding steroid dienone is 7. The van der Waals surface area contributed by atoms with Crippen molar-refractivity contribution in [2.45, 2.75) is 0 Å². The largest absolute Gasteiger partial charge is 0.0732 e. The highest BCUT2D eigenvalue weighted by molar-refractivity contribution is 5.91. The van der Waals surface area contributed by atoms with Crippen LogP contribution in [0.5, 0.6) is 0 Å².